The lowest BCUT2D eigenvalue weighted by Gasteiger charge is -2.46. The Morgan fingerprint density at radius 3 is 2.59 bits per heavy atom. The van der Waals surface area contributed by atoms with Crippen LogP contribution in [0.5, 0.6) is 0 Å². The van der Waals surface area contributed by atoms with Gasteiger partial charge in [-0.3, -0.25) is 4.79 Å². The molecule has 2 aromatic carbocycles. The average Bonchev–Trinajstić information content (AvgIpc) is 3.24. The Labute approximate surface area is 225 Å². The Hall–Kier alpha value is -2.03. The predicted molar refractivity (Wildman–Crippen MR) is 138 cm³/mol. The highest BCUT2D eigenvalue weighted by atomic mass is 35.5. The van der Waals surface area contributed by atoms with Crippen molar-refractivity contribution in [2.24, 2.45) is 11.1 Å². The molecular weight excluding hydrogens is 521 g/mol. The van der Waals surface area contributed by atoms with Crippen LogP contribution in [0, 0.1) is 17.0 Å². The molecule has 3 N–H and O–H groups in total. The van der Waals surface area contributed by atoms with E-state index in [4.69, 9.17) is 33.7 Å². The van der Waals surface area contributed by atoms with Gasteiger partial charge < -0.3 is 15.6 Å². The summed E-state index contributed by atoms with van der Waals surface area (Å²) in [5.74, 6) is -2.96. The molecular formula is C28H30Cl2F2N2O3. The van der Waals surface area contributed by atoms with Crippen molar-refractivity contribution in [3.8, 4) is 0 Å². The quantitative estimate of drug-likeness (QED) is 0.371. The first-order chi connectivity index (χ1) is 17.4. The Morgan fingerprint density at radius 2 is 1.95 bits per heavy atom. The summed E-state index contributed by atoms with van der Waals surface area (Å²) in [6, 6.07) is 7.06. The molecule has 5 rings (SSSR count). The van der Waals surface area contributed by atoms with Gasteiger partial charge in [-0.15, -0.1) is 0 Å². The highest BCUT2D eigenvalue weighted by Crippen LogP contribution is 2.59. The molecule has 0 bridgehead atoms. The molecule has 2 aliphatic heterocycles. The van der Waals surface area contributed by atoms with E-state index in [0.29, 0.717) is 19.3 Å². The van der Waals surface area contributed by atoms with Crippen molar-refractivity contribution in [3.63, 3.8) is 0 Å². The molecule has 9 heteroatoms. The van der Waals surface area contributed by atoms with Crippen LogP contribution in [0.3, 0.4) is 0 Å². The molecule has 5 nitrogen and oxygen atoms in total. The van der Waals surface area contributed by atoms with Crippen LogP contribution < -0.4 is 5.73 Å². The number of fused-ring (bicyclic) bond motifs is 1. The van der Waals surface area contributed by atoms with Crippen molar-refractivity contribution in [2.75, 3.05) is 6.61 Å². The number of cyclic esters (lactones) is 1. The van der Waals surface area contributed by atoms with Gasteiger partial charge in [0.1, 0.15) is 17.7 Å². The Balaban J connectivity index is 1.79. The number of halogens is 4. The van der Waals surface area contributed by atoms with Crippen molar-refractivity contribution in [1.29, 1.82) is 0 Å². The van der Waals surface area contributed by atoms with E-state index in [1.54, 1.807) is 19.9 Å². The number of allylic oxidation sites excluding steroid dienone is 2. The first kappa shape index (κ1) is 26.6. The zero-order valence-electron chi connectivity index (χ0n) is 20.7. The van der Waals surface area contributed by atoms with Crippen LogP contribution in [0.4, 0.5) is 8.78 Å². The number of benzene rings is 2. The van der Waals surface area contributed by atoms with E-state index in [9.17, 15) is 9.90 Å². The van der Waals surface area contributed by atoms with Gasteiger partial charge in [0.2, 0.25) is 0 Å². The molecule has 2 heterocycles. The molecule has 0 saturated carbocycles. The number of rotatable bonds is 5. The molecule has 37 heavy (non-hydrogen) atoms. The maximum atomic E-state index is 15.7. The fraction of sp³-hybridized carbons (Fsp3) is 0.464. The molecule has 2 fully saturated rings. The maximum Gasteiger partial charge on any atom is 0.325 e. The van der Waals surface area contributed by atoms with Crippen LogP contribution >= 0.6 is 23.2 Å². The minimum atomic E-state index is -1.59. The van der Waals surface area contributed by atoms with Crippen molar-refractivity contribution in [1.82, 2.24) is 4.90 Å². The molecule has 1 aliphatic carbocycles. The fourth-order valence-corrected chi connectivity index (χ4v) is 7.10. The van der Waals surface area contributed by atoms with E-state index in [2.05, 4.69) is 6.08 Å². The number of nitrogens with zero attached hydrogens (tertiary/aromatic N) is 1. The highest BCUT2D eigenvalue weighted by Gasteiger charge is 2.69. The predicted octanol–water partition coefficient (Wildman–Crippen LogP) is 5.66. The minimum absolute atomic E-state index is 0.109. The molecule has 2 saturated heterocycles. The van der Waals surface area contributed by atoms with Gasteiger partial charge in [0.25, 0.3) is 0 Å². The molecule has 0 amide bonds. The van der Waals surface area contributed by atoms with Crippen LogP contribution in [0.25, 0.3) is 0 Å². The summed E-state index contributed by atoms with van der Waals surface area (Å²) in [4.78, 5) is 15.3. The Morgan fingerprint density at radius 1 is 1.19 bits per heavy atom. The summed E-state index contributed by atoms with van der Waals surface area (Å²) in [5, 5.41) is 10.6. The van der Waals surface area contributed by atoms with Crippen molar-refractivity contribution in [3.05, 3.63) is 81.4 Å². The molecule has 5 atom stereocenters. The zero-order valence-corrected chi connectivity index (χ0v) is 22.2. The summed E-state index contributed by atoms with van der Waals surface area (Å²) < 4.78 is 37.2. The van der Waals surface area contributed by atoms with Crippen LogP contribution in [-0.2, 0) is 15.1 Å². The SMILES string of the molecule is CC1(C)OC(=O)[C@H]2[C@H](c3cccc(Cl)c3F)[C@@](N)(c3ccc(Cl)cc3F)[C@H](CC3(CO)CC=CCC3)N21. The van der Waals surface area contributed by atoms with Gasteiger partial charge in [-0.1, -0.05) is 53.6 Å². The number of carbonyl (C=O) groups excluding carboxylic acids is 1. The van der Waals surface area contributed by atoms with Gasteiger partial charge in [-0.25, -0.2) is 13.7 Å². The van der Waals surface area contributed by atoms with E-state index in [-0.39, 0.29) is 27.8 Å². The summed E-state index contributed by atoms with van der Waals surface area (Å²) in [6.45, 7) is 3.39. The number of carbonyl (C=O) groups is 1. The largest absolute Gasteiger partial charge is 0.443 e. The number of aliphatic hydroxyl groups excluding tert-OH is 1. The van der Waals surface area contributed by atoms with Crippen molar-refractivity contribution >= 4 is 29.2 Å². The van der Waals surface area contributed by atoms with Crippen LogP contribution in [0.2, 0.25) is 10.0 Å². The van der Waals surface area contributed by atoms with Crippen LogP contribution in [-0.4, -0.2) is 40.4 Å². The second kappa shape index (κ2) is 9.31. The molecule has 3 aliphatic rings. The van der Waals surface area contributed by atoms with Crippen LogP contribution in [0.15, 0.2) is 48.6 Å². The number of esters is 1. The third-order valence-electron chi connectivity index (χ3n) is 8.47. The summed E-state index contributed by atoms with van der Waals surface area (Å²) in [6.07, 6.45) is 6.49. The summed E-state index contributed by atoms with van der Waals surface area (Å²) >= 11 is 12.3. The van der Waals surface area contributed by atoms with Crippen LogP contribution in [0.1, 0.15) is 56.6 Å². The molecule has 0 radical (unpaired) electrons. The third kappa shape index (κ3) is 4.10. The van der Waals surface area contributed by atoms with E-state index in [1.165, 1.54) is 30.3 Å². The first-order valence-electron chi connectivity index (χ1n) is 12.4. The second-order valence-corrected chi connectivity index (χ2v) is 11.8. The lowest BCUT2D eigenvalue weighted by Crippen LogP contribution is -2.57. The van der Waals surface area contributed by atoms with Gasteiger partial charge in [-0.2, -0.15) is 0 Å². The lowest BCUT2D eigenvalue weighted by atomic mass is 9.65. The van der Waals surface area contributed by atoms with Crippen molar-refractivity contribution in [2.45, 2.75) is 68.8 Å². The average molecular weight is 551 g/mol. The number of hydrogen-bond acceptors (Lipinski definition) is 5. The van der Waals surface area contributed by atoms with Gasteiger partial charge in [0, 0.05) is 29.2 Å². The fourth-order valence-electron chi connectivity index (χ4n) is 6.76. The molecule has 1 unspecified atom stereocenters. The van der Waals surface area contributed by atoms with Gasteiger partial charge in [0.05, 0.1) is 10.6 Å². The van der Waals surface area contributed by atoms with E-state index in [1.807, 2.05) is 11.0 Å². The zero-order chi connectivity index (χ0) is 26.8. The molecule has 2 aromatic rings. The Bertz CT molecular complexity index is 1270. The number of aliphatic hydroxyl groups is 1. The number of hydrogen-bond donors (Lipinski definition) is 2. The number of nitrogens with two attached hydrogens (primary N) is 1. The van der Waals surface area contributed by atoms with Crippen molar-refractivity contribution < 1.29 is 23.4 Å². The lowest BCUT2D eigenvalue weighted by molar-refractivity contribution is -0.153. The normalized spacial score (nSPS) is 33.0. The van der Waals surface area contributed by atoms with Gasteiger partial charge in [-0.05, 0) is 68.7 Å². The summed E-state index contributed by atoms with van der Waals surface area (Å²) in [5.41, 5.74) is 4.30. The van der Waals surface area contributed by atoms with Gasteiger partial charge >= 0.3 is 5.97 Å². The third-order valence-corrected chi connectivity index (χ3v) is 8.99. The van der Waals surface area contributed by atoms with E-state index in [0.717, 1.165) is 6.42 Å². The van der Waals surface area contributed by atoms with E-state index < -0.39 is 52.3 Å². The standard InChI is InChI=1S/C28H30Cl2F2N2O3/c1-26(2)34-21(14-27(15-35)11-4-3-5-12-27)28(33,18-10-9-16(29)13-20(18)31)22(24(34)25(36)37-26)17-7-6-8-19(30)23(17)32/h3-4,6-10,13,21-22,24,35H,5,11-12,14-15,33H2,1-2H3/t21-,22-,24+,27?,28+/m0/s1. The number of ether oxygens (including phenoxy) is 1. The summed E-state index contributed by atoms with van der Waals surface area (Å²) in [7, 11) is 0. The Kier molecular flexibility index (Phi) is 6.69. The first-order valence-corrected chi connectivity index (χ1v) is 13.2. The molecule has 0 aromatic heterocycles. The molecule has 0 spiro atoms. The van der Waals surface area contributed by atoms with Gasteiger partial charge in [0.15, 0.2) is 5.72 Å². The topological polar surface area (TPSA) is 75.8 Å². The highest BCUT2D eigenvalue weighted by molar-refractivity contribution is 6.31. The molecule has 198 valence electrons. The monoisotopic (exact) mass is 550 g/mol. The minimum Gasteiger partial charge on any atom is -0.443 e. The van der Waals surface area contributed by atoms with E-state index >= 15 is 8.78 Å². The second-order valence-electron chi connectivity index (χ2n) is 11.0. The smallest absolute Gasteiger partial charge is 0.325 e. The maximum absolute atomic E-state index is 15.7.